The van der Waals surface area contributed by atoms with Gasteiger partial charge >= 0.3 is 0 Å². The summed E-state index contributed by atoms with van der Waals surface area (Å²) < 4.78 is 0. The van der Waals surface area contributed by atoms with E-state index < -0.39 is 0 Å². The molecule has 0 bridgehead atoms. The smallest absolute Gasteiger partial charge is 0.137 e. The van der Waals surface area contributed by atoms with Crippen LogP contribution in [0.1, 0.15) is 52.0 Å². The van der Waals surface area contributed by atoms with E-state index in [2.05, 4.69) is 41.0 Å². The van der Waals surface area contributed by atoms with Gasteiger partial charge in [0.05, 0.1) is 0 Å². The minimum atomic E-state index is 0.899. The van der Waals surface area contributed by atoms with Gasteiger partial charge in [-0.3, -0.25) is 0 Å². The molecule has 0 saturated carbocycles. The van der Waals surface area contributed by atoms with Gasteiger partial charge in [-0.2, -0.15) is 0 Å². The summed E-state index contributed by atoms with van der Waals surface area (Å²) in [5.74, 6) is 3.07. The lowest BCUT2D eigenvalue weighted by molar-refractivity contribution is 0.393. The Morgan fingerprint density at radius 2 is 1.95 bits per heavy atom. The lowest BCUT2D eigenvalue weighted by Gasteiger charge is -2.33. The molecule has 0 aromatic carbocycles. The van der Waals surface area contributed by atoms with E-state index in [-0.39, 0.29) is 0 Å². The maximum atomic E-state index is 4.57. The zero-order valence-electron chi connectivity index (χ0n) is 13.2. The summed E-state index contributed by atoms with van der Waals surface area (Å²) in [7, 11) is 0. The van der Waals surface area contributed by atoms with Crippen molar-refractivity contribution in [2.24, 2.45) is 5.92 Å². The first-order valence-electron chi connectivity index (χ1n) is 8.12. The zero-order valence-corrected chi connectivity index (χ0v) is 13.2. The Labute approximate surface area is 123 Å². The predicted octanol–water partition coefficient (Wildman–Crippen LogP) is 3.49. The Morgan fingerprint density at radius 3 is 2.55 bits per heavy atom. The van der Waals surface area contributed by atoms with Crippen LogP contribution in [-0.2, 0) is 6.42 Å². The first kappa shape index (κ1) is 15.1. The van der Waals surface area contributed by atoms with Crippen LogP contribution in [0.15, 0.2) is 6.33 Å². The molecule has 0 atom stereocenters. The highest BCUT2D eigenvalue weighted by molar-refractivity contribution is 5.59. The van der Waals surface area contributed by atoms with E-state index in [0.717, 1.165) is 50.0 Å². The maximum Gasteiger partial charge on any atom is 0.137 e. The van der Waals surface area contributed by atoms with E-state index in [1.807, 2.05) is 0 Å². The molecule has 0 unspecified atom stereocenters. The summed E-state index contributed by atoms with van der Waals surface area (Å²) in [4.78, 5) is 11.4. The molecule has 0 amide bonds. The molecule has 1 aliphatic rings. The largest absolute Gasteiger partial charge is 0.370 e. The van der Waals surface area contributed by atoms with Gasteiger partial charge < -0.3 is 10.2 Å². The number of hydrogen-bond acceptors (Lipinski definition) is 4. The fourth-order valence-corrected chi connectivity index (χ4v) is 2.95. The van der Waals surface area contributed by atoms with Crippen molar-refractivity contribution in [1.82, 2.24) is 9.97 Å². The highest BCUT2D eigenvalue weighted by Gasteiger charge is 2.21. The van der Waals surface area contributed by atoms with Gasteiger partial charge in [-0.15, -0.1) is 0 Å². The van der Waals surface area contributed by atoms with Crippen LogP contribution in [0.25, 0.3) is 0 Å². The summed E-state index contributed by atoms with van der Waals surface area (Å²) in [6, 6.07) is 0. The van der Waals surface area contributed by atoms with Crippen LogP contribution < -0.4 is 10.2 Å². The van der Waals surface area contributed by atoms with Gasteiger partial charge in [-0.05, 0) is 31.6 Å². The van der Waals surface area contributed by atoms with Crippen molar-refractivity contribution >= 4 is 11.6 Å². The quantitative estimate of drug-likeness (QED) is 0.863. The molecule has 20 heavy (non-hydrogen) atoms. The van der Waals surface area contributed by atoms with E-state index in [0.29, 0.717) is 0 Å². The van der Waals surface area contributed by atoms with E-state index >= 15 is 0 Å². The minimum Gasteiger partial charge on any atom is -0.370 e. The molecule has 1 N–H and O–H groups in total. The van der Waals surface area contributed by atoms with Crippen LogP contribution in [0.5, 0.6) is 0 Å². The van der Waals surface area contributed by atoms with Crippen LogP contribution in [0.4, 0.5) is 11.6 Å². The Morgan fingerprint density at radius 1 is 1.20 bits per heavy atom. The van der Waals surface area contributed by atoms with Crippen LogP contribution in [-0.4, -0.2) is 29.6 Å². The van der Waals surface area contributed by atoms with Crippen molar-refractivity contribution in [3.63, 3.8) is 0 Å². The molecule has 0 radical (unpaired) electrons. The molecule has 0 aliphatic carbocycles. The topological polar surface area (TPSA) is 41.1 Å². The van der Waals surface area contributed by atoms with Gasteiger partial charge in [0.1, 0.15) is 18.0 Å². The molecule has 2 rings (SSSR count). The van der Waals surface area contributed by atoms with Gasteiger partial charge in [0.25, 0.3) is 0 Å². The van der Waals surface area contributed by atoms with Crippen LogP contribution in [0, 0.1) is 5.92 Å². The number of piperidine rings is 1. The van der Waals surface area contributed by atoms with Gasteiger partial charge in [0, 0.05) is 25.2 Å². The molecule has 4 heteroatoms. The van der Waals surface area contributed by atoms with Crippen molar-refractivity contribution in [2.75, 3.05) is 29.9 Å². The first-order valence-corrected chi connectivity index (χ1v) is 8.12. The summed E-state index contributed by atoms with van der Waals surface area (Å²) >= 11 is 0. The minimum absolute atomic E-state index is 0.899. The number of hydrogen-bond donors (Lipinski definition) is 1. The third-order valence-corrected chi connectivity index (χ3v) is 4.31. The number of nitrogens with one attached hydrogen (secondary N) is 1. The normalized spacial score (nSPS) is 16.4. The average Bonchev–Trinajstić information content (AvgIpc) is 2.52. The molecular weight excluding hydrogens is 248 g/mol. The van der Waals surface area contributed by atoms with E-state index in [1.165, 1.54) is 24.8 Å². The second kappa shape index (κ2) is 7.46. The Kier molecular flexibility index (Phi) is 5.62. The van der Waals surface area contributed by atoms with Crippen LogP contribution >= 0.6 is 0 Å². The summed E-state index contributed by atoms with van der Waals surface area (Å²) in [6.07, 6.45) is 7.70. The summed E-state index contributed by atoms with van der Waals surface area (Å²) in [6.45, 7) is 9.91. The lowest BCUT2D eigenvalue weighted by atomic mass is 9.94. The van der Waals surface area contributed by atoms with Gasteiger partial charge in [0.2, 0.25) is 0 Å². The molecule has 112 valence electrons. The highest BCUT2D eigenvalue weighted by atomic mass is 15.2. The average molecular weight is 276 g/mol. The van der Waals surface area contributed by atoms with Crippen molar-refractivity contribution < 1.29 is 0 Å². The Bertz CT molecular complexity index is 411. The Balaban J connectivity index is 2.14. The molecule has 0 spiro atoms. The fraction of sp³-hybridized carbons (Fsp3) is 0.750. The number of aromatic nitrogens is 2. The van der Waals surface area contributed by atoms with Crippen molar-refractivity contribution in [3.8, 4) is 0 Å². The van der Waals surface area contributed by atoms with E-state index in [1.54, 1.807) is 6.33 Å². The highest BCUT2D eigenvalue weighted by Crippen LogP contribution is 2.28. The van der Waals surface area contributed by atoms with Crippen LogP contribution in [0.2, 0.25) is 0 Å². The molecule has 1 fully saturated rings. The molecule has 2 heterocycles. The first-order chi connectivity index (χ1) is 9.80. The molecular formula is C16H28N4. The monoisotopic (exact) mass is 276 g/mol. The SMILES string of the molecule is CCCNc1ncnc(N2CCC(CC)CC2)c1CC. The molecule has 1 aromatic rings. The van der Waals surface area contributed by atoms with Crippen molar-refractivity contribution in [3.05, 3.63) is 11.9 Å². The van der Waals surface area contributed by atoms with E-state index in [9.17, 15) is 0 Å². The Hall–Kier alpha value is -1.32. The fourth-order valence-electron chi connectivity index (χ4n) is 2.95. The standard InChI is InChI=1S/C16H28N4/c1-4-9-17-15-14(6-3)16(19-12-18-15)20-10-7-13(5-2)8-11-20/h12-13H,4-11H2,1-3H3,(H,17,18,19). The second-order valence-electron chi connectivity index (χ2n) is 5.64. The molecule has 4 nitrogen and oxygen atoms in total. The lowest BCUT2D eigenvalue weighted by Crippen LogP contribution is -2.35. The number of rotatable bonds is 6. The number of nitrogens with zero attached hydrogens (tertiary/aromatic N) is 3. The maximum absolute atomic E-state index is 4.57. The van der Waals surface area contributed by atoms with Crippen LogP contribution in [0.3, 0.4) is 0 Å². The van der Waals surface area contributed by atoms with Gasteiger partial charge in [0.15, 0.2) is 0 Å². The second-order valence-corrected chi connectivity index (χ2v) is 5.64. The van der Waals surface area contributed by atoms with E-state index in [4.69, 9.17) is 0 Å². The number of anilines is 2. The molecule has 1 aromatic heterocycles. The zero-order chi connectivity index (χ0) is 14.4. The van der Waals surface area contributed by atoms with Crippen molar-refractivity contribution in [2.45, 2.75) is 52.9 Å². The third-order valence-electron chi connectivity index (χ3n) is 4.31. The molecule has 1 aliphatic heterocycles. The summed E-state index contributed by atoms with van der Waals surface area (Å²) in [5.41, 5.74) is 1.27. The summed E-state index contributed by atoms with van der Waals surface area (Å²) in [5, 5.41) is 3.44. The third kappa shape index (κ3) is 3.41. The van der Waals surface area contributed by atoms with Crippen molar-refractivity contribution in [1.29, 1.82) is 0 Å². The van der Waals surface area contributed by atoms with Gasteiger partial charge in [-0.1, -0.05) is 27.2 Å². The van der Waals surface area contributed by atoms with Gasteiger partial charge in [-0.25, -0.2) is 9.97 Å². The predicted molar refractivity (Wildman–Crippen MR) is 85.4 cm³/mol. The molecule has 1 saturated heterocycles.